The van der Waals surface area contributed by atoms with Gasteiger partial charge in [-0.15, -0.1) is 0 Å². The van der Waals surface area contributed by atoms with Crippen LogP contribution in [0.25, 0.3) is 0 Å². The number of anilines is 2. The Kier molecular flexibility index (Phi) is 6.70. The molecule has 3 aromatic carbocycles. The zero-order chi connectivity index (χ0) is 23.4. The summed E-state index contributed by atoms with van der Waals surface area (Å²) in [5.74, 6) is -0.295. The molecule has 33 heavy (non-hydrogen) atoms. The number of hydrogen-bond donors (Lipinski definition) is 2. The summed E-state index contributed by atoms with van der Waals surface area (Å²) in [7, 11) is -3.82. The van der Waals surface area contributed by atoms with Crippen molar-refractivity contribution in [3.05, 3.63) is 89.0 Å². The maximum atomic E-state index is 13.0. The quantitative estimate of drug-likeness (QED) is 0.535. The third-order valence-corrected chi connectivity index (χ3v) is 7.32. The third-order valence-electron chi connectivity index (χ3n) is 5.95. The number of rotatable bonds is 7. The van der Waals surface area contributed by atoms with Crippen molar-refractivity contribution in [2.75, 3.05) is 22.7 Å². The van der Waals surface area contributed by atoms with Crippen molar-refractivity contribution in [2.45, 2.75) is 38.1 Å². The molecule has 0 bridgehead atoms. The van der Waals surface area contributed by atoms with Gasteiger partial charge < -0.3 is 10.2 Å². The first-order chi connectivity index (χ1) is 15.8. The average molecular weight is 464 g/mol. The lowest BCUT2D eigenvalue weighted by molar-refractivity contribution is 0.0950. The Morgan fingerprint density at radius 3 is 2.36 bits per heavy atom. The van der Waals surface area contributed by atoms with Gasteiger partial charge in [0.25, 0.3) is 15.9 Å². The highest BCUT2D eigenvalue weighted by molar-refractivity contribution is 7.92. The molecule has 1 amide bonds. The summed E-state index contributed by atoms with van der Waals surface area (Å²) < 4.78 is 28.4. The average Bonchev–Trinajstić information content (AvgIpc) is 3.34. The zero-order valence-electron chi connectivity index (χ0n) is 19.0. The highest BCUT2D eigenvalue weighted by Crippen LogP contribution is 2.25. The van der Waals surface area contributed by atoms with Crippen LogP contribution in [0.2, 0.25) is 0 Å². The summed E-state index contributed by atoms with van der Waals surface area (Å²) in [5.41, 5.74) is 4.78. The molecular formula is C26H29N3O3S. The van der Waals surface area contributed by atoms with Gasteiger partial charge in [0, 0.05) is 36.6 Å². The summed E-state index contributed by atoms with van der Waals surface area (Å²) in [6.07, 6.45) is 2.36. The molecule has 172 valence electrons. The number of nitrogens with one attached hydrogen (secondary N) is 2. The molecule has 1 saturated heterocycles. The van der Waals surface area contributed by atoms with Crippen LogP contribution in [0.3, 0.4) is 0 Å². The van der Waals surface area contributed by atoms with Gasteiger partial charge in [0.2, 0.25) is 0 Å². The summed E-state index contributed by atoms with van der Waals surface area (Å²) >= 11 is 0. The van der Waals surface area contributed by atoms with Crippen LogP contribution in [0.1, 0.15) is 39.9 Å². The Morgan fingerprint density at radius 2 is 1.64 bits per heavy atom. The fourth-order valence-electron chi connectivity index (χ4n) is 4.05. The number of nitrogens with zero attached hydrogens (tertiary/aromatic N) is 1. The molecule has 2 N–H and O–H groups in total. The molecule has 4 rings (SSSR count). The third kappa shape index (κ3) is 5.37. The standard InChI is InChI=1S/C26H29N3O3S/c1-19-9-12-22(13-10-19)28-33(31,32)23-14-11-20(2)24(17-23)26(30)27-18-21-7-3-4-8-25(21)29-15-5-6-16-29/h3-4,7-14,17,28H,5-6,15-16,18H2,1-2H3,(H,27,30). The van der Waals surface area contributed by atoms with Crippen LogP contribution in [0.4, 0.5) is 11.4 Å². The van der Waals surface area contributed by atoms with Gasteiger partial charge in [-0.3, -0.25) is 9.52 Å². The lowest BCUT2D eigenvalue weighted by Gasteiger charge is -2.21. The molecule has 1 aliphatic rings. The number of para-hydroxylation sites is 1. The van der Waals surface area contributed by atoms with Crippen LogP contribution in [0.15, 0.2) is 71.6 Å². The van der Waals surface area contributed by atoms with E-state index >= 15 is 0 Å². The predicted octanol–water partition coefficient (Wildman–Crippen LogP) is 4.63. The second kappa shape index (κ2) is 9.67. The van der Waals surface area contributed by atoms with E-state index in [2.05, 4.69) is 21.0 Å². The maximum Gasteiger partial charge on any atom is 0.261 e. The van der Waals surface area contributed by atoms with Crippen LogP contribution in [-0.2, 0) is 16.6 Å². The molecule has 0 spiro atoms. The summed E-state index contributed by atoms with van der Waals surface area (Å²) in [4.78, 5) is 15.4. The molecule has 0 aromatic heterocycles. The molecule has 6 nitrogen and oxygen atoms in total. The second-order valence-corrected chi connectivity index (χ2v) is 10.1. The largest absolute Gasteiger partial charge is 0.371 e. The summed E-state index contributed by atoms with van der Waals surface area (Å²) in [6.45, 7) is 6.17. The molecule has 7 heteroatoms. The fraction of sp³-hybridized carbons (Fsp3) is 0.269. The van der Waals surface area contributed by atoms with Crippen molar-refractivity contribution in [1.29, 1.82) is 0 Å². The number of benzene rings is 3. The SMILES string of the molecule is Cc1ccc(NS(=O)(=O)c2ccc(C)c(C(=O)NCc3ccccc3N3CCCC3)c2)cc1. The maximum absolute atomic E-state index is 13.0. The Balaban J connectivity index is 1.51. The molecule has 0 radical (unpaired) electrons. The predicted molar refractivity (Wildman–Crippen MR) is 132 cm³/mol. The molecule has 1 aliphatic heterocycles. The normalized spacial score (nSPS) is 13.7. The van der Waals surface area contributed by atoms with Crippen molar-refractivity contribution in [2.24, 2.45) is 0 Å². The van der Waals surface area contributed by atoms with Crippen molar-refractivity contribution in [1.82, 2.24) is 5.32 Å². The number of carbonyl (C=O) groups excluding carboxylic acids is 1. The molecule has 1 heterocycles. The van der Waals surface area contributed by atoms with Crippen LogP contribution < -0.4 is 14.9 Å². The first kappa shape index (κ1) is 22.9. The van der Waals surface area contributed by atoms with E-state index in [1.54, 1.807) is 25.1 Å². The number of aryl methyl sites for hydroxylation is 2. The van der Waals surface area contributed by atoms with Crippen molar-refractivity contribution < 1.29 is 13.2 Å². The molecule has 1 fully saturated rings. The van der Waals surface area contributed by atoms with Crippen LogP contribution >= 0.6 is 0 Å². The van der Waals surface area contributed by atoms with E-state index in [9.17, 15) is 13.2 Å². The molecule has 0 atom stereocenters. The van der Waals surface area contributed by atoms with Gasteiger partial charge in [0.15, 0.2) is 0 Å². The van der Waals surface area contributed by atoms with Crippen molar-refractivity contribution in [3.63, 3.8) is 0 Å². The zero-order valence-corrected chi connectivity index (χ0v) is 19.8. The Morgan fingerprint density at radius 1 is 0.939 bits per heavy atom. The van der Waals surface area contributed by atoms with E-state index in [1.807, 2.05) is 37.3 Å². The lowest BCUT2D eigenvalue weighted by atomic mass is 10.1. The molecule has 0 saturated carbocycles. The first-order valence-electron chi connectivity index (χ1n) is 11.1. The molecular weight excluding hydrogens is 434 g/mol. The van der Waals surface area contributed by atoms with Crippen LogP contribution in [-0.4, -0.2) is 27.4 Å². The lowest BCUT2D eigenvalue weighted by Crippen LogP contribution is -2.26. The molecule has 3 aromatic rings. The molecule has 0 unspecified atom stereocenters. The molecule has 0 aliphatic carbocycles. The van der Waals surface area contributed by atoms with Crippen LogP contribution in [0, 0.1) is 13.8 Å². The number of hydrogen-bond acceptors (Lipinski definition) is 4. The van der Waals surface area contributed by atoms with Crippen molar-refractivity contribution >= 4 is 27.3 Å². The van der Waals surface area contributed by atoms with Gasteiger partial charge in [0.1, 0.15) is 0 Å². The Labute approximate surface area is 195 Å². The highest BCUT2D eigenvalue weighted by atomic mass is 32.2. The van der Waals surface area contributed by atoms with Gasteiger partial charge in [-0.25, -0.2) is 8.42 Å². The van der Waals surface area contributed by atoms with E-state index in [-0.39, 0.29) is 10.8 Å². The van der Waals surface area contributed by atoms with Crippen LogP contribution in [0.5, 0.6) is 0 Å². The monoisotopic (exact) mass is 463 g/mol. The van der Waals surface area contributed by atoms with E-state index in [0.717, 1.165) is 35.5 Å². The van der Waals surface area contributed by atoms with Gasteiger partial charge >= 0.3 is 0 Å². The topological polar surface area (TPSA) is 78.5 Å². The fourth-order valence-corrected chi connectivity index (χ4v) is 5.13. The minimum absolute atomic E-state index is 0.0521. The van der Waals surface area contributed by atoms with E-state index in [0.29, 0.717) is 17.8 Å². The van der Waals surface area contributed by atoms with Crippen molar-refractivity contribution in [3.8, 4) is 0 Å². The van der Waals surface area contributed by atoms with E-state index in [1.165, 1.54) is 25.0 Å². The minimum Gasteiger partial charge on any atom is -0.371 e. The number of carbonyl (C=O) groups is 1. The Bertz CT molecular complexity index is 1250. The number of sulfonamides is 1. The van der Waals surface area contributed by atoms with Gasteiger partial charge in [-0.2, -0.15) is 0 Å². The smallest absolute Gasteiger partial charge is 0.261 e. The van der Waals surface area contributed by atoms with Gasteiger partial charge in [-0.05, 0) is 68.1 Å². The second-order valence-electron chi connectivity index (χ2n) is 8.45. The van der Waals surface area contributed by atoms with E-state index < -0.39 is 10.0 Å². The minimum atomic E-state index is -3.82. The Hall–Kier alpha value is -3.32. The first-order valence-corrected chi connectivity index (χ1v) is 12.6. The summed E-state index contributed by atoms with van der Waals surface area (Å²) in [6, 6.07) is 19.8. The summed E-state index contributed by atoms with van der Waals surface area (Å²) in [5, 5.41) is 2.97. The number of amides is 1. The van der Waals surface area contributed by atoms with E-state index in [4.69, 9.17) is 0 Å². The van der Waals surface area contributed by atoms with Gasteiger partial charge in [0.05, 0.1) is 4.90 Å². The van der Waals surface area contributed by atoms with Gasteiger partial charge in [-0.1, -0.05) is 42.0 Å². The highest BCUT2D eigenvalue weighted by Gasteiger charge is 2.19.